The number of carbonyl (C=O) groups excluding carboxylic acids is 4. The maximum absolute atomic E-state index is 12.2. The van der Waals surface area contributed by atoms with Gasteiger partial charge in [0.1, 0.15) is 32.8 Å². The lowest BCUT2D eigenvalue weighted by Crippen LogP contribution is -2.34. The summed E-state index contributed by atoms with van der Waals surface area (Å²) in [4.78, 5) is 83.1. The highest BCUT2D eigenvalue weighted by atomic mass is 16.6. The molecular formula is C29H32N2O15. The molecule has 0 aliphatic carbocycles. The summed E-state index contributed by atoms with van der Waals surface area (Å²) in [6.45, 7) is -3.17. The van der Waals surface area contributed by atoms with Gasteiger partial charge in [0.2, 0.25) is 0 Å². The largest absolute Gasteiger partial charge is 0.480 e. The summed E-state index contributed by atoms with van der Waals surface area (Å²) in [5.41, 5.74) is 1.01. The summed E-state index contributed by atoms with van der Waals surface area (Å²) in [6.07, 6.45) is 0. The molecule has 0 radical (unpaired) electrons. The van der Waals surface area contributed by atoms with E-state index in [9.17, 15) is 33.6 Å². The standard InChI is InChI=1S/C29H32N2O15/c1-30(14-23(32)33)21-6-2-19(3-7-21)28(40)45-17-26(38)43-12-10-42-11-13-44-27(39)18-46-29(41)20-4-8-22(9-5-20)31(15-24(34)35)16-25(36)37/h2-9H,10-18H2,1H3,(H,32,33)(H,34,35)(H,36,37). The molecular weight excluding hydrogens is 616 g/mol. The molecule has 0 fully saturated rings. The Bertz CT molecular complexity index is 1360. The summed E-state index contributed by atoms with van der Waals surface area (Å²) in [6, 6.07) is 11.2. The monoisotopic (exact) mass is 648 g/mol. The molecule has 0 saturated carbocycles. The summed E-state index contributed by atoms with van der Waals surface area (Å²) >= 11 is 0. The zero-order valence-corrected chi connectivity index (χ0v) is 24.6. The molecule has 2 rings (SSSR count). The highest BCUT2D eigenvalue weighted by molar-refractivity contribution is 5.92. The Labute approximate surface area is 261 Å². The average Bonchev–Trinajstić information content (AvgIpc) is 3.01. The van der Waals surface area contributed by atoms with Crippen LogP contribution in [-0.2, 0) is 47.7 Å². The number of anilines is 2. The molecule has 0 spiro atoms. The highest BCUT2D eigenvalue weighted by Gasteiger charge is 2.17. The Morgan fingerprint density at radius 2 is 0.935 bits per heavy atom. The lowest BCUT2D eigenvalue weighted by Gasteiger charge is -2.20. The number of rotatable bonds is 20. The van der Waals surface area contributed by atoms with E-state index < -0.39 is 68.1 Å². The van der Waals surface area contributed by atoms with Crippen LogP contribution in [-0.4, -0.2) is 123 Å². The van der Waals surface area contributed by atoms with Crippen LogP contribution in [0.5, 0.6) is 0 Å². The average molecular weight is 649 g/mol. The van der Waals surface area contributed by atoms with Crippen LogP contribution in [0.3, 0.4) is 0 Å². The van der Waals surface area contributed by atoms with Crippen molar-refractivity contribution < 1.29 is 72.6 Å². The van der Waals surface area contributed by atoms with Crippen molar-refractivity contribution in [1.29, 1.82) is 0 Å². The molecule has 0 unspecified atom stereocenters. The molecule has 17 heteroatoms. The van der Waals surface area contributed by atoms with Crippen LogP contribution >= 0.6 is 0 Å². The van der Waals surface area contributed by atoms with Crippen LogP contribution in [0.1, 0.15) is 20.7 Å². The SMILES string of the molecule is CN(CC(=O)O)c1ccc(C(=O)OCC(=O)OCCOCCOC(=O)COC(=O)c2ccc(N(CC(=O)O)CC(=O)O)cc2)cc1. The molecule has 0 aromatic heterocycles. The third kappa shape index (κ3) is 13.7. The molecule has 17 nitrogen and oxygen atoms in total. The number of ether oxygens (including phenoxy) is 5. The fraction of sp³-hybridized carbons (Fsp3) is 0.345. The second-order valence-corrected chi connectivity index (χ2v) is 9.19. The van der Waals surface area contributed by atoms with Crippen LogP contribution in [0.25, 0.3) is 0 Å². The zero-order chi connectivity index (χ0) is 34.1. The molecule has 0 saturated heterocycles. The number of aliphatic carboxylic acids is 3. The molecule has 0 atom stereocenters. The van der Waals surface area contributed by atoms with Gasteiger partial charge < -0.3 is 48.8 Å². The smallest absolute Gasteiger partial charge is 0.344 e. The van der Waals surface area contributed by atoms with Crippen molar-refractivity contribution in [1.82, 2.24) is 0 Å². The third-order valence-electron chi connectivity index (χ3n) is 5.66. The Morgan fingerprint density at radius 1 is 0.543 bits per heavy atom. The maximum Gasteiger partial charge on any atom is 0.344 e. The molecule has 0 heterocycles. The van der Waals surface area contributed by atoms with E-state index >= 15 is 0 Å². The van der Waals surface area contributed by atoms with Crippen LogP contribution < -0.4 is 9.80 Å². The van der Waals surface area contributed by atoms with E-state index in [-0.39, 0.29) is 49.8 Å². The Hall–Kier alpha value is -5.71. The van der Waals surface area contributed by atoms with Crippen molar-refractivity contribution in [2.75, 3.05) is 76.1 Å². The molecule has 0 aliphatic rings. The van der Waals surface area contributed by atoms with E-state index in [0.717, 1.165) is 4.90 Å². The number of nitrogens with zero attached hydrogens (tertiary/aromatic N) is 2. The van der Waals surface area contributed by atoms with E-state index in [4.69, 9.17) is 39.0 Å². The van der Waals surface area contributed by atoms with Crippen molar-refractivity contribution in [2.24, 2.45) is 0 Å². The Balaban J connectivity index is 1.57. The first-order valence-corrected chi connectivity index (χ1v) is 13.4. The number of carbonyl (C=O) groups is 7. The van der Waals surface area contributed by atoms with Gasteiger partial charge in [0.05, 0.1) is 24.3 Å². The summed E-state index contributed by atoms with van der Waals surface area (Å²) in [7, 11) is 1.58. The van der Waals surface area contributed by atoms with Crippen molar-refractivity contribution >= 4 is 53.2 Å². The normalized spacial score (nSPS) is 10.3. The third-order valence-corrected chi connectivity index (χ3v) is 5.66. The first-order chi connectivity index (χ1) is 21.8. The fourth-order valence-corrected chi connectivity index (χ4v) is 3.55. The van der Waals surface area contributed by atoms with E-state index in [1.54, 1.807) is 7.05 Å². The van der Waals surface area contributed by atoms with Gasteiger partial charge in [-0.1, -0.05) is 0 Å². The van der Waals surface area contributed by atoms with Gasteiger partial charge in [-0.05, 0) is 48.5 Å². The number of hydrogen-bond acceptors (Lipinski definition) is 14. The van der Waals surface area contributed by atoms with Crippen LogP contribution in [0, 0.1) is 0 Å². The van der Waals surface area contributed by atoms with Crippen molar-refractivity contribution in [3.63, 3.8) is 0 Å². The zero-order valence-electron chi connectivity index (χ0n) is 24.6. The van der Waals surface area contributed by atoms with Gasteiger partial charge in [-0.3, -0.25) is 14.4 Å². The van der Waals surface area contributed by atoms with Crippen LogP contribution in [0.2, 0.25) is 0 Å². The summed E-state index contributed by atoms with van der Waals surface area (Å²) in [5, 5.41) is 26.7. The molecule has 0 amide bonds. The predicted molar refractivity (Wildman–Crippen MR) is 155 cm³/mol. The van der Waals surface area contributed by atoms with Gasteiger partial charge in [0, 0.05) is 18.4 Å². The highest BCUT2D eigenvalue weighted by Crippen LogP contribution is 2.16. The van der Waals surface area contributed by atoms with Gasteiger partial charge in [0.15, 0.2) is 13.2 Å². The summed E-state index contributed by atoms with van der Waals surface area (Å²) < 4.78 is 24.7. The number of benzene rings is 2. The van der Waals surface area contributed by atoms with E-state index in [0.29, 0.717) is 5.69 Å². The number of esters is 4. The number of carboxylic acids is 3. The van der Waals surface area contributed by atoms with Crippen molar-refractivity contribution in [2.45, 2.75) is 0 Å². The molecule has 3 N–H and O–H groups in total. The van der Waals surface area contributed by atoms with Crippen molar-refractivity contribution in [3.05, 3.63) is 59.7 Å². The maximum atomic E-state index is 12.2. The lowest BCUT2D eigenvalue weighted by atomic mass is 10.2. The lowest BCUT2D eigenvalue weighted by molar-refractivity contribution is -0.150. The minimum Gasteiger partial charge on any atom is -0.480 e. The number of hydrogen-bond donors (Lipinski definition) is 3. The molecule has 46 heavy (non-hydrogen) atoms. The molecule has 2 aromatic rings. The molecule has 0 aliphatic heterocycles. The fourth-order valence-electron chi connectivity index (χ4n) is 3.55. The van der Waals surface area contributed by atoms with Gasteiger partial charge >= 0.3 is 41.8 Å². The van der Waals surface area contributed by atoms with E-state index in [1.165, 1.54) is 53.4 Å². The van der Waals surface area contributed by atoms with E-state index in [2.05, 4.69) is 0 Å². The van der Waals surface area contributed by atoms with Crippen molar-refractivity contribution in [3.8, 4) is 0 Å². The number of carboxylic acid groups (broad SMARTS) is 3. The van der Waals surface area contributed by atoms with Gasteiger partial charge in [-0.15, -0.1) is 0 Å². The summed E-state index contributed by atoms with van der Waals surface area (Å²) in [5.74, 6) is -6.81. The van der Waals surface area contributed by atoms with Crippen LogP contribution in [0.15, 0.2) is 48.5 Å². The Kier molecular flexibility index (Phi) is 14.9. The second-order valence-electron chi connectivity index (χ2n) is 9.19. The topological polar surface area (TPSA) is 233 Å². The van der Waals surface area contributed by atoms with Crippen LogP contribution in [0.4, 0.5) is 11.4 Å². The molecule has 0 bridgehead atoms. The quantitative estimate of drug-likeness (QED) is 0.0995. The number of likely N-dealkylation sites (N-methyl/N-ethyl adjacent to an activating group) is 1. The Morgan fingerprint density at radius 3 is 1.33 bits per heavy atom. The molecule has 248 valence electrons. The minimum atomic E-state index is -1.24. The first kappa shape index (κ1) is 36.5. The van der Waals surface area contributed by atoms with Gasteiger partial charge in [-0.25, -0.2) is 19.2 Å². The molecule has 2 aromatic carbocycles. The predicted octanol–water partition coefficient (Wildman–Crippen LogP) is 0.300. The minimum absolute atomic E-state index is 0.0337. The van der Waals surface area contributed by atoms with Gasteiger partial charge in [-0.2, -0.15) is 0 Å². The second kappa shape index (κ2) is 18.8. The first-order valence-electron chi connectivity index (χ1n) is 13.4. The van der Waals surface area contributed by atoms with E-state index in [1.807, 2.05) is 0 Å². The van der Waals surface area contributed by atoms with Gasteiger partial charge in [0.25, 0.3) is 0 Å².